The molecular formula is C3H9B3F12K-3. The van der Waals surface area contributed by atoms with Crippen molar-refractivity contribution in [3.8, 4) is 0 Å². The molecule has 16 heteroatoms. The molecule has 0 aromatic heterocycles. The minimum Gasteiger partial charge on any atom is -1.00 e. The van der Waals surface area contributed by atoms with Crippen LogP contribution in [0.5, 0.6) is 0 Å². The summed E-state index contributed by atoms with van der Waals surface area (Å²) >= 11 is 0. The fourth-order valence-corrected chi connectivity index (χ4v) is 0. The Bertz CT molecular complexity index is 120. The maximum Gasteiger partial charge on any atom is 1.00 e. The van der Waals surface area contributed by atoms with Crippen LogP contribution in [-0.2, 0) is 0 Å². The van der Waals surface area contributed by atoms with Crippen LogP contribution in [0.2, 0.25) is 0 Å². The molecule has 19 heavy (non-hydrogen) atoms. The van der Waals surface area contributed by atoms with Gasteiger partial charge >= 0.3 is 73.1 Å². The summed E-state index contributed by atoms with van der Waals surface area (Å²) in [4.78, 5) is 0. The van der Waals surface area contributed by atoms with Crippen molar-refractivity contribution in [1.29, 1.82) is 0 Å². The topological polar surface area (TPSA) is 0 Å². The molecule has 0 aromatic rings. The molecule has 0 aliphatic rings. The van der Waals surface area contributed by atoms with Crippen molar-refractivity contribution in [2.75, 3.05) is 0 Å². The summed E-state index contributed by atoms with van der Waals surface area (Å²) in [7, 11) is -18.0. The van der Waals surface area contributed by atoms with Gasteiger partial charge in [0.25, 0.3) is 0 Å². The van der Waals surface area contributed by atoms with E-state index in [4.69, 9.17) is 0 Å². The largest absolute Gasteiger partial charge is 1.00 e. The summed E-state index contributed by atoms with van der Waals surface area (Å²) in [6, 6.07) is 0. The van der Waals surface area contributed by atoms with Crippen LogP contribution in [0.4, 0.5) is 51.8 Å². The van der Waals surface area contributed by atoms with Gasteiger partial charge in [-0.3, -0.25) is 0 Å². The smallest absolute Gasteiger partial charge is 1.00 e. The predicted octanol–water partition coefficient (Wildman–Crippen LogP) is 2.43. The molecule has 0 unspecified atom stereocenters. The van der Waals surface area contributed by atoms with E-state index in [1.54, 1.807) is 0 Å². The fraction of sp³-hybridized carbons (Fsp3) is 1.00. The summed E-state index contributed by atoms with van der Waals surface area (Å²) in [6.07, 6.45) is 1.25. The van der Waals surface area contributed by atoms with Crippen LogP contribution in [0.15, 0.2) is 0 Å². The third kappa shape index (κ3) is 5580. The van der Waals surface area contributed by atoms with Gasteiger partial charge in [-0.1, -0.05) is 20.3 Å². The number of hydrogen-bond acceptors (Lipinski definition) is 0. The third-order valence-electron chi connectivity index (χ3n) is 0. The Balaban J connectivity index is -0.0000000321. The van der Waals surface area contributed by atoms with E-state index in [1.165, 1.54) is 6.42 Å². The molecule has 0 aliphatic carbocycles. The van der Waals surface area contributed by atoms with Crippen molar-refractivity contribution in [3.63, 3.8) is 0 Å². The summed E-state index contributed by atoms with van der Waals surface area (Å²) in [5.74, 6) is 0. The van der Waals surface area contributed by atoms with Gasteiger partial charge in [-0.15, -0.1) is 0 Å². The number of halogens is 12. The SMILES string of the molecule is CCC.F[B-](F)(F)F.F[B-](F)(F)F.F[B-](F)(F)F.[H-].[K+]. The van der Waals surface area contributed by atoms with Crippen molar-refractivity contribution in [2.24, 2.45) is 0 Å². The van der Waals surface area contributed by atoms with Crippen LogP contribution in [0.3, 0.4) is 0 Å². The predicted molar refractivity (Wildman–Crippen MR) is 47.6 cm³/mol. The first kappa shape index (κ1) is 32.1. The maximum absolute atomic E-state index is 9.75. The van der Waals surface area contributed by atoms with Gasteiger partial charge in [0.05, 0.1) is 0 Å². The van der Waals surface area contributed by atoms with Crippen LogP contribution in [0.1, 0.15) is 21.7 Å². The van der Waals surface area contributed by atoms with E-state index in [-0.39, 0.29) is 52.8 Å². The van der Waals surface area contributed by atoms with Crippen LogP contribution in [-0.4, -0.2) is 21.8 Å². The molecule has 0 heterocycles. The standard InChI is InChI=1S/C3H8.3BF4.K.H/c1-3-2;3*2-1(3,4)5;;/h3H2,1-2H3;;;;;/q;3*-1;+1;-1. The molecule has 0 saturated heterocycles. The summed E-state index contributed by atoms with van der Waals surface area (Å²) < 4.78 is 117. The zero-order valence-corrected chi connectivity index (χ0v) is 13.1. The van der Waals surface area contributed by atoms with Crippen LogP contribution in [0.25, 0.3) is 0 Å². The molecule has 118 valence electrons. The van der Waals surface area contributed by atoms with Gasteiger partial charge in [0.2, 0.25) is 0 Å². The quantitative estimate of drug-likeness (QED) is 0.468. The number of rotatable bonds is 0. The van der Waals surface area contributed by atoms with Crippen molar-refractivity contribution in [1.82, 2.24) is 0 Å². The van der Waals surface area contributed by atoms with Crippen LogP contribution >= 0.6 is 0 Å². The first-order valence-electron chi connectivity index (χ1n) is 4.03. The molecule has 0 amide bonds. The molecule has 0 spiro atoms. The van der Waals surface area contributed by atoms with Crippen molar-refractivity contribution >= 4 is 21.8 Å². The van der Waals surface area contributed by atoms with Crippen LogP contribution in [0, 0.1) is 0 Å². The van der Waals surface area contributed by atoms with E-state index in [0.29, 0.717) is 0 Å². The monoisotopic (exact) mass is 345 g/mol. The van der Waals surface area contributed by atoms with Gasteiger partial charge in [-0.25, -0.2) is 0 Å². The first-order chi connectivity index (χ1) is 7.41. The Hall–Kier alpha value is 0.991. The van der Waals surface area contributed by atoms with Crippen LogP contribution < -0.4 is 51.4 Å². The van der Waals surface area contributed by atoms with Crippen molar-refractivity contribution < 1.29 is 105 Å². The molecule has 0 rings (SSSR count). The second kappa shape index (κ2) is 15.4. The first-order valence-corrected chi connectivity index (χ1v) is 4.03. The molecule has 0 radical (unpaired) electrons. The Morgan fingerprint density at radius 3 is 0.526 bits per heavy atom. The minimum absolute atomic E-state index is 0. The van der Waals surface area contributed by atoms with E-state index < -0.39 is 21.8 Å². The van der Waals surface area contributed by atoms with Crippen molar-refractivity contribution in [2.45, 2.75) is 20.3 Å². The average molecular weight is 345 g/mol. The second-order valence-electron chi connectivity index (χ2n) is 2.19. The van der Waals surface area contributed by atoms with E-state index in [2.05, 4.69) is 13.8 Å². The summed E-state index contributed by atoms with van der Waals surface area (Å²) in [5, 5.41) is 0. The maximum atomic E-state index is 9.75. The molecule has 0 atom stereocenters. The van der Waals surface area contributed by atoms with Gasteiger partial charge in [0.1, 0.15) is 0 Å². The normalized spacial score (nSPS) is 10.4. The molecule has 0 saturated carbocycles. The summed E-state index contributed by atoms with van der Waals surface area (Å²) in [6.45, 7) is 4.25. The zero-order chi connectivity index (χ0) is 16.2. The van der Waals surface area contributed by atoms with Crippen molar-refractivity contribution in [3.05, 3.63) is 0 Å². The Morgan fingerprint density at radius 2 is 0.526 bits per heavy atom. The fourth-order valence-electron chi connectivity index (χ4n) is 0. The Morgan fingerprint density at radius 1 is 0.526 bits per heavy atom. The van der Waals surface area contributed by atoms with E-state index in [9.17, 15) is 51.8 Å². The van der Waals surface area contributed by atoms with Gasteiger partial charge in [-0.05, 0) is 0 Å². The molecule has 0 nitrogen and oxygen atoms in total. The minimum atomic E-state index is -6.00. The zero-order valence-electron chi connectivity index (χ0n) is 11.0. The van der Waals surface area contributed by atoms with Gasteiger partial charge in [0.15, 0.2) is 0 Å². The number of hydrogen-bond donors (Lipinski definition) is 0. The molecule has 0 aromatic carbocycles. The third-order valence-corrected chi connectivity index (χ3v) is 0. The van der Waals surface area contributed by atoms with E-state index in [1.807, 2.05) is 0 Å². The molecule has 0 aliphatic heterocycles. The average Bonchev–Trinajstić information content (AvgIpc) is 1.71. The second-order valence-corrected chi connectivity index (χ2v) is 2.19. The Kier molecular flexibility index (Phi) is 26.0. The molecule has 0 fully saturated rings. The van der Waals surface area contributed by atoms with E-state index in [0.717, 1.165) is 0 Å². The van der Waals surface area contributed by atoms with Gasteiger partial charge in [-0.2, -0.15) is 0 Å². The van der Waals surface area contributed by atoms with Gasteiger partial charge < -0.3 is 53.2 Å². The Labute approximate surface area is 145 Å². The molecule has 0 N–H and O–H groups in total. The van der Waals surface area contributed by atoms with Gasteiger partial charge in [0, 0.05) is 0 Å². The summed E-state index contributed by atoms with van der Waals surface area (Å²) in [5.41, 5.74) is 0. The van der Waals surface area contributed by atoms with E-state index >= 15 is 0 Å². The molecule has 0 bridgehead atoms. The molecular weight excluding hydrogens is 336 g/mol.